The number of aromatic nitrogens is 2. The summed E-state index contributed by atoms with van der Waals surface area (Å²) in [5, 5.41) is 7.80. The van der Waals surface area contributed by atoms with Crippen LogP contribution in [-0.4, -0.2) is 22.5 Å². The van der Waals surface area contributed by atoms with Crippen LogP contribution in [0.2, 0.25) is 0 Å². The van der Waals surface area contributed by atoms with Gasteiger partial charge < -0.3 is 14.8 Å². The number of carbonyl (C=O) groups excluding carboxylic acids is 1. The van der Waals surface area contributed by atoms with Crippen LogP contribution in [-0.2, 0) is 0 Å². The molecule has 0 radical (unpaired) electrons. The van der Waals surface area contributed by atoms with Crippen LogP contribution in [0.3, 0.4) is 0 Å². The minimum atomic E-state index is -0.324. The molecule has 2 aliphatic rings. The van der Waals surface area contributed by atoms with E-state index in [-0.39, 0.29) is 18.7 Å². The Hall–Kier alpha value is -4.06. The lowest BCUT2D eigenvalue weighted by Crippen LogP contribution is -2.22. The molecule has 1 aromatic heterocycles. The highest BCUT2D eigenvalue weighted by Gasteiger charge is 2.38. The SMILES string of the molecule is O=C1NC(c2ccc3c(c2)OCO3)c2c1nn(-c1ccccc1)c2-c1ccccc1. The van der Waals surface area contributed by atoms with Crippen molar-refractivity contribution in [1.29, 1.82) is 0 Å². The van der Waals surface area contributed by atoms with Crippen LogP contribution >= 0.6 is 0 Å². The van der Waals surface area contributed by atoms with Crippen molar-refractivity contribution >= 4 is 5.91 Å². The number of ether oxygens (including phenoxy) is 2. The highest BCUT2D eigenvalue weighted by Crippen LogP contribution is 2.42. The van der Waals surface area contributed by atoms with E-state index in [1.165, 1.54) is 0 Å². The Bertz CT molecular complexity index is 1270. The smallest absolute Gasteiger partial charge is 0.272 e. The van der Waals surface area contributed by atoms with Gasteiger partial charge in [0, 0.05) is 11.1 Å². The summed E-state index contributed by atoms with van der Waals surface area (Å²) in [6.45, 7) is 0.211. The molecule has 4 aromatic rings. The second-order valence-corrected chi connectivity index (χ2v) is 7.24. The van der Waals surface area contributed by atoms with Gasteiger partial charge >= 0.3 is 0 Å². The third kappa shape index (κ3) is 2.50. The zero-order valence-electron chi connectivity index (χ0n) is 15.9. The van der Waals surface area contributed by atoms with E-state index in [2.05, 4.69) is 5.32 Å². The van der Waals surface area contributed by atoms with Gasteiger partial charge in [-0.25, -0.2) is 4.68 Å². The van der Waals surface area contributed by atoms with Gasteiger partial charge in [0.25, 0.3) is 5.91 Å². The van der Waals surface area contributed by atoms with E-state index in [1.54, 1.807) is 0 Å². The molecule has 1 unspecified atom stereocenters. The molecule has 0 bridgehead atoms. The fourth-order valence-electron chi connectivity index (χ4n) is 4.12. The van der Waals surface area contributed by atoms with Gasteiger partial charge in [-0.05, 0) is 29.8 Å². The Morgan fingerprint density at radius 2 is 1.63 bits per heavy atom. The van der Waals surface area contributed by atoms with E-state index in [0.29, 0.717) is 17.2 Å². The molecule has 0 aliphatic carbocycles. The quantitative estimate of drug-likeness (QED) is 0.567. The molecule has 0 spiro atoms. The Kier molecular flexibility index (Phi) is 3.64. The van der Waals surface area contributed by atoms with Gasteiger partial charge in [0.1, 0.15) is 0 Å². The largest absolute Gasteiger partial charge is 0.454 e. The standard InChI is InChI=1S/C24H17N3O3/c28-24-22-20(21(25-24)16-11-12-18-19(13-16)30-14-29-18)23(15-7-3-1-4-8-15)27(26-22)17-9-5-2-6-10-17/h1-13,21H,14H2,(H,25,28). The van der Waals surface area contributed by atoms with Crippen LogP contribution in [0.15, 0.2) is 78.9 Å². The minimum Gasteiger partial charge on any atom is -0.454 e. The normalized spacial score (nSPS) is 16.4. The fraction of sp³-hybridized carbons (Fsp3) is 0.0833. The highest BCUT2D eigenvalue weighted by molar-refractivity contribution is 6.00. The minimum absolute atomic E-state index is 0.181. The maximum absolute atomic E-state index is 12.9. The van der Waals surface area contributed by atoms with Gasteiger partial charge in [0.2, 0.25) is 6.79 Å². The first-order valence-corrected chi connectivity index (χ1v) is 9.74. The van der Waals surface area contributed by atoms with Crippen molar-refractivity contribution in [3.05, 3.63) is 95.7 Å². The van der Waals surface area contributed by atoms with Crippen LogP contribution in [0.4, 0.5) is 0 Å². The molecular weight excluding hydrogens is 378 g/mol. The fourth-order valence-corrected chi connectivity index (χ4v) is 4.12. The van der Waals surface area contributed by atoms with Gasteiger partial charge in [-0.15, -0.1) is 0 Å². The predicted molar refractivity (Wildman–Crippen MR) is 111 cm³/mol. The van der Waals surface area contributed by atoms with Crippen LogP contribution in [0.1, 0.15) is 27.7 Å². The zero-order chi connectivity index (χ0) is 20.1. The average molecular weight is 395 g/mol. The lowest BCUT2D eigenvalue weighted by molar-refractivity contribution is 0.0955. The van der Waals surface area contributed by atoms with Crippen LogP contribution in [0.5, 0.6) is 11.5 Å². The third-order valence-electron chi connectivity index (χ3n) is 5.48. The Labute approximate surface area is 172 Å². The van der Waals surface area contributed by atoms with Crippen molar-refractivity contribution in [1.82, 2.24) is 15.1 Å². The number of hydrogen-bond donors (Lipinski definition) is 1. The van der Waals surface area contributed by atoms with Gasteiger partial charge in [-0.2, -0.15) is 5.10 Å². The van der Waals surface area contributed by atoms with E-state index in [0.717, 1.165) is 28.1 Å². The monoisotopic (exact) mass is 395 g/mol. The summed E-state index contributed by atoms with van der Waals surface area (Å²) in [7, 11) is 0. The molecule has 2 aliphatic heterocycles. The Balaban J connectivity index is 1.58. The number of nitrogens with zero attached hydrogens (tertiary/aromatic N) is 2. The summed E-state index contributed by atoms with van der Waals surface area (Å²) in [5.74, 6) is 1.22. The number of para-hydroxylation sites is 1. The first-order chi connectivity index (χ1) is 14.8. The third-order valence-corrected chi connectivity index (χ3v) is 5.48. The molecule has 6 rings (SSSR count). The topological polar surface area (TPSA) is 65.4 Å². The number of nitrogens with one attached hydrogen (secondary N) is 1. The molecule has 3 heterocycles. The summed E-state index contributed by atoms with van der Waals surface area (Å²) < 4.78 is 12.8. The maximum atomic E-state index is 12.9. The summed E-state index contributed by atoms with van der Waals surface area (Å²) in [4.78, 5) is 12.9. The molecule has 0 saturated carbocycles. The number of fused-ring (bicyclic) bond motifs is 2. The van der Waals surface area contributed by atoms with E-state index in [4.69, 9.17) is 14.6 Å². The molecule has 0 saturated heterocycles. The summed E-state index contributed by atoms with van der Waals surface area (Å²) >= 11 is 0. The molecular formula is C24H17N3O3. The predicted octanol–water partition coefficient (Wildman–Crippen LogP) is 4.10. The van der Waals surface area contributed by atoms with Crippen molar-refractivity contribution in [2.45, 2.75) is 6.04 Å². The first-order valence-electron chi connectivity index (χ1n) is 9.74. The number of rotatable bonds is 3. The van der Waals surface area contributed by atoms with Gasteiger partial charge in [0.15, 0.2) is 17.2 Å². The molecule has 30 heavy (non-hydrogen) atoms. The van der Waals surface area contributed by atoms with E-state index in [9.17, 15) is 4.79 Å². The van der Waals surface area contributed by atoms with Crippen LogP contribution < -0.4 is 14.8 Å². The number of hydrogen-bond acceptors (Lipinski definition) is 4. The second kappa shape index (κ2) is 6.49. The zero-order valence-corrected chi connectivity index (χ0v) is 15.9. The van der Waals surface area contributed by atoms with Gasteiger partial charge in [-0.3, -0.25) is 4.79 Å². The summed E-state index contributed by atoms with van der Waals surface area (Å²) in [5.41, 5.74) is 5.04. The van der Waals surface area contributed by atoms with E-state index >= 15 is 0 Å². The average Bonchev–Trinajstić information content (AvgIpc) is 3.49. The molecule has 6 nitrogen and oxygen atoms in total. The van der Waals surface area contributed by atoms with Crippen molar-refractivity contribution in [3.8, 4) is 28.4 Å². The number of amides is 1. The van der Waals surface area contributed by atoms with E-state index in [1.807, 2.05) is 83.5 Å². The van der Waals surface area contributed by atoms with E-state index < -0.39 is 0 Å². The molecule has 1 N–H and O–H groups in total. The van der Waals surface area contributed by atoms with Crippen molar-refractivity contribution in [2.75, 3.05) is 6.79 Å². The van der Waals surface area contributed by atoms with Crippen molar-refractivity contribution in [2.24, 2.45) is 0 Å². The molecule has 0 fully saturated rings. The Morgan fingerprint density at radius 1 is 0.900 bits per heavy atom. The molecule has 146 valence electrons. The van der Waals surface area contributed by atoms with Gasteiger partial charge in [0.05, 0.1) is 17.4 Å². The van der Waals surface area contributed by atoms with Gasteiger partial charge in [-0.1, -0.05) is 54.6 Å². The first kappa shape index (κ1) is 16.9. The lowest BCUT2D eigenvalue weighted by atomic mass is 9.96. The second-order valence-electron chi connectivity index (χ2n) is 7.24. The van der Waals surface area contributed by atoms with Crippen LogP contribution in [0, 0.1) is 0 Å². The van der Waals surface area contributed by atoms with Crippen molar-refractivity contribution in [3.63, 3.8) is 0 Å². The molecule has 1 atom stereocenters. The maximum Gasteiger partial charge on any atom is 0.272 e. The van der Waals surface area contributed by atoms with Crippen LogP contribution in [0.25, 0.3) is 16.9 Å². The lowest BCUT2D eigenvalue weighted by Gasteiger charge is -2.16. The summed E-state index contributed by atoms with van der Waals surface area (Å²) in [6.07, 6.45) is 0. The number of carbonyl (C=O) groups is 1. The summed E-state index contributed by atoms with van der Waals surface area (Å²) in [6, 6.07) is 25.3. The molecule has 6 heteroatoms. The molecule has 3 aromatic carbocycles. The molecule has 1 amide bonds. The Morgan fingerprint density at radius 3 is 2.43 bits per heavy atom. The highest BCUT2D eigenvalue weighted by atomic mass is 16.7. The van der Waals surface area contributed by atoms with Crippen molar-refractivity contribution < 1.29 is 14.3 Å². The number of benzene rings is 3.